The molecule has 2 saturated heterocycles. The highest BCUT2D eigenvalue weighted by atomic mass is 19.1. The minimum atomic E-state index is -0.978. The highest BCUT2D eigenvalue weighted by Crippen LogP contribution is 2.45. The number of amides is 2. The van der Waals surface area contributed by atoms with Crippen LogP contribution in [0.3, 0.4) is 0 Å². The molecular weight excluding hydrogens is 657 g/mol. The van der Waals surface area contributed by atoms with Gasteiger partial charge in [0.25, 0.3) is 11.8 Å². The van der Waals surface area contributed by atoms with Crippen molar-refractivity contribution in [3.63, 3.8) is 0 Å². The van der Waals surface area contributed by atoms with E-state index in [-0.39, 0.29) is 40.5 Å². The van der Waals surface area contributed by atoms with Crippen LogP contribution in [0.5, 0.6) is 11.6 Å². The molecule has 282 valence electrons. The van der Waals surface area contributed by atoms with E-state index in [1.54, 1.807) is 18.7 Å². The molecule has 1 N–H and O–H groups in total. The molecule has 1 unspecified atom stereocenters. The predicted octanol–water partition coefficient (Wildman–Crippen LogP) is 6.04. The molecule has 2 aromatic rings. The van der Waals surface area contributed by atoms with Gasteiger partial charge in [-0.1, -0.05) is 27.7 Å². The molecule has 2 aliphatic heterocycles. The van der Waals surface area contributed by atoms with Crippen molar-refractivity contribution < 1.29 is 33.0 Å². The first-order valence-electron chi connectivity index (χ1n) is 18.1. The third-order valence-electron chi connectivity index (χ3n) is 9.76. The van der Waals surface area contributed by atoms with Gasteiger partial charge in [-0.3, -0.25) is 14.5 Å². The standard InChI is InChI=1S/C37H56FN7O6/c1-11-45(25(6)7)33(46)28-18-27(38)12-13-30(28)51-32-31(39-22-40-42-32)43-17-16-37(19-43)20-44(21-37)29(23(2)3)14-15-36(9,10)41-35(48)50-26(8)49-34(47)24(4)5/h12-13,18,22-26,29H,11,14-17,19-21H2,1-10H3,(H,41,48)/t26?,29-/m1/s1. The topological polar surface area (TPSA) is 139 Å². The fraction of sp³-hybridized carbons (Fsp3) is 0.676. The van der Waals surface area contributed by atoms with E-state index in [0.29, 0.717) is 24.3 Å². The summed E-state index contributed by atoms with van der Waals surface area (Å²) in [5.41, 5.74) is -0.341. The minimum Gasteiger partial charge on any atom is -0.434 e. The number of likely N-dealkylation sites (tertiary alicyclic amines) is 1. The lowest BCUT2D eigenvalue weighted by Gasteiger charge is -2.53. The summed E-state index contributed by atoms with van der Waals surface area (Å²) in [7, 11) is 0. The van der Waals surface area contributed by atoms with Crippen molar-refractivity contribution in [2.75, 3.05) is 37.6 Å². The maximum Gasteiger partial charge on any atom is 0.410 e. The summed E-state index contributed by atoms with van der Waals surface area (Å²) >= 11 is 0. The Balaban J connectivity index is 1.37. The van der Waals surface area contributed by atoms with E-state index in [1.165, 1.54) is 31.5 Å². The van der Waals surface area contributed by atoms with Gasteiger partial charge >= 0.3 is 12.1 Å². The lowest BCUT2D eigenvalue weighted by atomic mass is 9.76. The number of hydrogen-bond acceptors (Lipinski definition) is 11. The molecule has 1 aromatic heterocycles. The van der Waals surface area contributed by atoms with Crippen molar-refractivity contribution in [2.24, 2.45) is 17.3 Å². The second-order valence-electron chi connectivity index (χ2n) is 15.5. The van der Waals surface area contributed by atoms with E-state index >= 15 is 0 Å². The highest BCUT2D eigenvalue weighted by Gasteiger charge is 2.50. The summed E-state index contributed by atoms with van der Waals surface area (Å²) < 4.78 is 31.0. The summed E-state index contributed by atoms with van der Waals surface area (Å²) in [6.07, 6.45) is 2.36. The molecule has 1 aromatic carbocycles. The molecule has 0 radical (unpaired) electrons. The van der Waals surface area contributed by atoms with Gasteiger partial charge in [0.1, 0.15) is 17.9 Å². The Morgan fingerprint density at radius 3 is 2.39 bits per heavy atom. The number of carbonyl (C=O) groups excluding carboxylic acids is 3. The maximum absolute atomic E-state index is 14.3. The zero-order valence-electron chi connectivity index (χ0n) is 31.9. The number of ether oxygens (including phenoxy) is 3. The second kappa shape index (κ2) is 16.5. The largest absolute Gasteiger partial charge is 0.434 e. The molecule has 14 heteroatoms. The quantitative estimate of drug-likeness (QED) is 0.171. The normalized spacial score (nSPS) is 17.0. The van der Waals surface area contributed by atoms with Crippen LogP contribution in [0.25, 0.3) is 0 Å². The number of hydrogen-bond donors (Lipinski definition) is 1. The fourth-order valence-electron chi connectivity index (χ4n) is 7.01. The molecule has 4 rings (SSSR count). The predicted molar refractivity (Wildman–Crippen MR) is 191 cm³/mol. The number of halogens is 1. The van der Waals surface area contributed by atoms with Gasteiger partial charge in [0.2, 0.25) is 6.29 Å². The Kier molecular flexibility index (Phi) is 12.9. The number of benzene rings is 1. The van der Waals surface area contributed by atoms with E-state index in [9.17, 15) is 18.8 Å². The van der Waals surface area contributed by atoms with Crippen LogP contribution in [0, 0.1) is 23.1 Å². The van der Waals surface area contributed by atoms with Crippen LogP contribution in [-0.2, 0) is 14.3 Å². The summed E-state index contributed by atoms with van der Waals surface area (Å²) in [4.78, 5) is 48.7. The van der Waals surface area contributed by atoms with E-state index in [0.717, 1.165) is 45.4 Å². The van der Waals surface area contributed by atoms with Crippen molar-refractivity contribution in [3.8, 4) is 11.6 Å². The molecule has 0 aliphatic carbocycles. The van der Waals surface area contributed by atoms with Crippen molar-refractivity contribution >= 4 is 23.8 Å². The zero-order valence-corrected chi connectivity index (χ0v) is 31.9. The van der Waals surface area contributed by atoms with Crippen molar-refractivity contribution in [1.29, 1.82) is 0 Å². The number of carbonyl (C=O) groups is 3. The van der Waals surface area contributed by atoms with Crippen LogP contribution in [-0.4, -0.2) is 99.6 Å². The van der Waals surface area contributed by atoms with E-state index < -0.39 is 29.7 Å². The van der Waals surface area contributed by atoms with Crippen LogP contribution in [0.4, 0.5) is 15.0 Å². The Labute approximate surface area is 301 Å². The number of anilines is 1. The summed E-state index contributed by atoms with van der Waals surface area (Å²) in [5.74, 6) is -0.295. The average Bonchev–Trinajstić information content (AvgIpc) is 3.47. The lowest BCUT2D eigenvalue weighted by Crippen LogP contribution is -2.62. The van der Waals surface area contributed by atoms with Crippen LogP contribution >= 0.6 is 0 Å². The second-order valence-corrected chi connectivity index (χ2v) is 15.5. The van der Waals surface area contributed by atoms with Gasteiger partial charge in [-0.15, -0.1) is 10.2 Å². The fourth-order valence-corrected chi connectivity index (χ4v) is 7.01. The molecule has 1 spiro atoms. The van der Waals surface area contributed by atoms with Gasteiger partial charge in [0.05, 0.1) is 11.5 Å². The van der Waals surface area contributed by atoms with Crippen LogP contribution in [0.15, 0.2) is 24.5 Å². The van der Waals surface area contributed by atoms with Crippen LogP contribution in [0.1, 0.15) is 98.9 Å². The first-order chi connectivity index (χ1) is 23.9. The highest BCUT2D eigenvalue weighted by molar-refractivity contribution is 5.97. The number of alkyl carbamates (subject to hydrolysis) is 1. The zero-order chi connectivity index (χ0) is 37.7. The third kappa shape index (κ3) is 10.0. The number of nitrogens with one attached hydrogen (secondary N) is 1. The first kappa shape index (κ1) is 39.7. The molecule has 3 heterocycles. The number of nitrogens with zero attached hydrogens (tertiary/aromatic N) is 6. The van der Waals surface area contributed by atoms with E-state index in [1.807, 2.05) is 34.6 Å². The number of esters is 1. The third-order valence-corrected chi connectivity index (χ3v) is 9.76. The lowest BCUT2D eigenvalue weighted by molar-refractivity contribution is -0.168. The Bertz CT molecular complexity index is 1530. The first-order valence-corrected chi connectivity index (χ1v) is 18.1. The molecule has 51 heavy (non-hydrogen) atoms. The Morgan fingerprint density at radius 1 is 1.06 bits per heavy atom. The monoisotopic (exact) mass is 713 g/mol. The van der Waals surface area contributed by atoms with Crippen molar-refractivity contribution in [2.45, 2.75) is 112 Å². The van der Waals surface area contributed by atoms with Crippen LogP contribution in [0.2, 0.25) is 0 Å². The molecule has 0 bridgehead atoms. The van der Waals surface area contributed by atoms with Crippen LogP contribution < -0.4 is 15.0 Å². The molecule has 2 amide bonds. The van der Waals surface area contributed by atoms with Crippen molar-refractivity contribution in [1.82, 2.24) is 30.3 Å². The van der Waals surface area contributed by atoms with E-state index in [2.05, 4.69) is 44.1 Å². The number of aromatic nitrogens is 3. The van der Waals surface area contributed by atoms with Gasteiger partial charge in [0, 0.05) is 62.7 Å². The SMILES string of the molecule is CCN(C(=O)c1cc(F)ccc1Oc1nncnc1N1CCC2(C1)CN([C@H](CCC(C)(C)NC(=O)OC(C)OC(=O)C(C)C)C(C)C)C2)C(C)C. The summed E-state index contributed by atoms with van der Waals surface area (Å²) in [6, 6.07) is 4.14. The molecule has 2 fully saturated rings. The molecule has 0 saturated carbocycles. The van der Waals surface area contributed by atoms with E-state index in [4.69, 9.17) is 14.2 Å². The molecular formula is C37H56FN7O6. The Morgan fingerprint density at radius 2 is 1.76 bits per heavy atom. The molecule has 2 atom stereocenters. The van der Waals surface area contributed by atoms with Gasteiger partial charge in [-0.05, 0) is 78.0 Å². The molecule has 2 aliphatic rings. The minimum absolute atomic E-state index is 0.0739. The van der Waals surface area contributed by atoms with Crippen molar-refractivity contribution in [3.05, 3.63) is 35.9 Å². The van der Waals surface area contributed by atoms with Gasteiger partial charge in [-0.25, -0.2) is 14.2 Å². The summed E-state index contributed by atoms with van der Waals surface area (Å²) in [6.45, 7) is 22.9. The summed E-state index contributed by atoms with van der Waals surface area (Å²) in [5, 5.41) is 11.1. The van der Waals surface area contributed by atoms with Gasteiger partial charge < -0.3 is 29.3 Å². The van der Waals surface area contributed by atoms with Gasteiger partial charge in [-0.2, -0.15) is 0 Å². The average molecular weight is 714 g/mol. The maximum atomic E-state index is 14.3. The Hall–Kier alpha value is -4.07. The molecule has 13 nitrogen and oxygen atoms in total. The smallest absolute Gasteiger partial charge is 0.410 e. The van der Waals surface area contributed by atoms with Gasteiger partial charge in [0.15, 0.2) is 5.82 Å². The number of rotatable bonds is 15.